The molecule has 37 heavy (non-hydrogen) atoms. The normalized spacial score (nSPS) is 20.2. The predicted octanol–water partition coefficient (Wildman–Crippen LogP) is 5.00. The lowest BCUT2D eigenvalue weighted by Gasteiger charge is -2.44. The topological polar surface area (TPSA) is 79.8 Å². The van der Waals surface area contributed by atoms with E-state index in [4.69, 9.17) is 4.84 Å². The van der Waals surface area contributed by atoms with E-state index in [1.54, 1.807) is 53.6 Å². The van der Waals surface area contributed by atoms with E-state index in [0.717, 1.165) is 21.9 Å². The predicted molar refractivity (Wildman–Crippen MR) is 133 cm³/mol. The van der Waals surface area contributed by atoms with Gasteiger partial charge in [-0.3, -0.25) is 14.4 Å². The van der Waals surface area contributed by atoms with Crippen LogP contribution in [0.2, 0.25) is 0 Å². The quantitative estimate of drug-likeness (QED) is 0.472. The third-order valence-corrected chi connectivity index (χ3v) is 7.17. The Hall–Kier alpha value is -4.17. The maximum Gasteiger partial charge on any atom is 0.285 e. The van der Waals surface area contributed by atoms with Gasteiger partial charge < -0.3 is 4.90 Å². The van der Waals surface area contributed by atoms with Crippen molar-refractivity contribution in [1.29, 1.82) is 0 Å². The van der Waals surface area contributed by atoms with E-state index in [-0.39, 0.29) is 34.9 Å². The maximum absolute atomic E-state index is 13.8. The molecule has 8 heteroatoms. The van der Waals surface area contributed by atoms with E-state index in [2.05, 4.69) is 4.98 Å². The summed E-state index contributed by atoms with van der Waals surface area (Å²) < 4.78 is 13.8. The number of pyridine rings is 1. The zero-order chi connectivity index (χ0) is 25.9. The molecule has 1 aliphatic carbocycles. The Balaban J connectivity index is 1.43. The van der Waals surface area contributed by atoms with Gasteiger partial charge in [0.25, 0.3) is 11.8 Å². The molecule has 3 aromatic rings. The van der Waals surface area contributed by atoms with E-state index >= 15 is 0 Å². The largest absolute Gasteiger partial charge is 0.303 e. The van der Waals surface area contributed by atoms with Crippen molar-refractivity contribution in [3.63, 3.8) is 0 Å². The highest BCUT2D eigenvalue weighted by atomic mass is 19.1. The van der Waals surface area contributed by atoms with Gasteiger partial charge in [0.1, 0.15) is 11.6 Å². The van der Waals surface area contributed by atoms with Crippen molar-refractivity contribution in [3.05, 3.63) is 106 Å². The van der Waals surface area contributed by atoms with Crippen LogP contribution in [0, 0.1) is 11.2 Å². The minimum absolute atomic E-state index is 0.000749. The number of carbonyl (C=O) groups excluding carboxylic acids is 3. The Bertz CT molecular complexity index is 1460. The van der Waals surface area contributed by atoms with Gasteiger partial charge >= 0.3 is 0 Å². The highest BCUT2D eigenvalue weighted by Crippen LogP contribution is 2.50. The van der Waals surface area contributed by atoms with Crippen LogP contribution in [0.5, 0.6) is 0 Å². The molecular formula is C29H24FN3O4. The Kier molecular flexibility index (Phi) is 5.31. The molecule has 6 rings (SSSR count). The molecule has 0 spiro atoms. The van der Waals surface area contributed by atoms with Crippen molar-refractivity contribution in [2.75, 3.05) is 11.6 Å². The summed E-state index contributed by atoms with van der Waals surface area (Å²) in [5.41, 5.74) is 3.16. The number of aromatic nitrogens is 1. The lowest BCUT2D eigenvalue weighted by atomic mass is 9.68. The molecular weight excluding hydrogens is 473 g/mol. The number of amides is 2. The monoisotopic (exact) mass is 497 g/mol. The van der Waals surface area contributed by atoms with Gasteiger partial charge in [-0.1, -0.05) is 44.2 Å². The average molecular weight is 498 g/mol. The van der Waals surface area contributed by atoms with Crippen molar-refractivity contribution >= 4 is 23.4 Å². The number of carbonyl (C=O) groups is 3. The SMILES string of the molecule is CC1(C)CC(=O)C2=C(C1)N(CON1C(=O)c3ccccc3C1=O)c1ncccc1C2c1ccc(F)cc1. The summed E-state index contributed by atoms with van der Waals surface area (Å²) >= 11 is 0. The van der Waals surface area contributed by atoms with Gasteiger partial charge in [0, 0.05) is 35.4 Å². The second-order valence-electron chi connectivity index (χ2n) is 10.3. The van der Waals surface area contributed by atoms with Crippen LogP contribution in [0.1, 0.15) is 64.4 Å². The van der Waals surface area contributed by atoms with Crippen LogP contribution in [0.4, 0.5) is 10.2 Å². The third kappa shape index (κ3) is 3.76. The minimum Gasteiger partial charge on any atom is -0.303 e. The molecule has 0 saturated carbocycles. The number of nitrogens with zero attached hydrogens (tertiary/aromatic N) is 3. The van der Waals surface area contributed by atoms with Crippen molar-refractivity contribution in [2.24, 2.45) is 5.41 Å². The number of allylic oxidation sites excluding steroid dienone is 2. The molecule has 0 N–H and O–H groups in total. The van der Waals surface area contributed by atoms with Crippen molar-refractivity contribution in [1.82, 2.24) is 10.0 Å². The van der Waals surface area contributed by atoms with Crippen LogP contribution < -0.4 is 4.90 Å². The van der Waals surface area contributed by atoms with E-state index in [1.165, 1.54) is 12.1 Å². The van der Waals surface area contributed by atoms with Crippen LogP contribution in [-0.2, 0) is 9.63 Å². The van der Waals surface area contributed by atoms with Gasteiger partial charge in [0.2, 0.25) is 0 Å². The molecule has 0 bridgehead atoms. The van der Waals surface area contributed by atoms with Gasteiger partial charge in [-0.15, -0.1) is 5.06 Å². The number of imide groups is 1. The highest BCUT2D eigenvalue weighted by Gasteiger charge is 2.45. The lowest BCUT2D eigenvalue weighted by molar-refractivity contribution is -0.118. The molecule has 1 aromatic heterocycles. The van der Waals surface area contributed by atoms with Crippen molar-refractivity contribution in [3.8, 4) is 0 Å². The Morgan fingerprint density at radius 3 is 2.30 bits per heavy atom. The van der Waals surface area contributed by atoms with E-state index in [1.807, 2.05) is 19.9 Å². The van der Waals surface area contributed by atoms with Gasteiger partial charge in [0.05, 0.1) is 11.1 Å². The Morgan fingerprint density at radius 1 is 0.946 bits per heavy atom. The summed E-state index contributed by atoms with van der Waals surface area (Å²) in [6.07, 6.45) is 2.58. The smallest absolute Gasteiger partial charge is 0.285 e. The summed E-state index contributed by atoms with van der Waals surface area (Å²) in [5, 5.41) is 0.773. The molecule has 1 unspecified atom stereocenters. The summed E-state index contributed by atoms with van der Waals surface area (Å²) in [4.78, 5) is 51.6. The molecule has 2 aliphatic heterocycles. The van der Waals surface area contributed by atoms with Gasteiger partial charge in [0.15, 0.2) is 12.5 Å². The first-order valence-corrected chi connectivity index (χ1v) is 12.1. The molecule has 3 heterocycles. The maximum atomic E-state index is 13.8. The third-order valence-electron chi connectivity index (χ3n) is 7.17. The van der Waals surface area contributed by atoms with Gasteiger partial charge in [-0.05, 0) is 47.7 Å². The fraction of sp³-hybridized carbons (Fsp3) is 0.241. The van der Waals surface area contributed by atoms with Crippen LogP contribution in [0.25, 0.3) is 0 Å². The fourth-order valence-corrected chi connectivity index (χ4v) is 5.55. The molecule has 3 aliphatic rings. The number of anilines is 1. The van der Waals surface area contributed by atoms with Gasteiger partial charge in [-0.25, -0.2) is 14.2 Å². The molecule has 2 amide bonds. The van der Waals surface area contributed by atoms with Crippen LogP contribution in [0.3, 0.4) is 0 Å². The number of benzene rings is 2. The highest BCUT2D eigenvalue weighted by molar-refractivity contribution is 6.20. The standard InChI is InChI=1S/C29H24FN3O4/c1-29(2)14-22-25(23(34)15-29)24(17-9-11-18(30)12-10-17)21-8-5-13-31-26(21)32(22)16-37-33-27(35)19-6-3-4-7-20(19)28(33)36/h3-13,24H,14-16H2,1-2H3. The fourth-order valence-electron chi connectivity index (χ4n) is 5.55. The summed E-state index contributed by atoms with van der Waals surface area (Å²) in [7, 11) is 0. The van der Waals surface area contributed by atoms with Crippen molar-refractivity contribution < 1.29 is 23.6 Å². The zero-order valence-electron chi connectivity index (χ0n) is 20.4. The first-order valence-electron chi connectivity index (χ1n) is 12.1. The molecule has 2 aromatic carbocycles. The first kappa shape index (κ1) is 23.2. The first-order chi connectivity index (χ1) is 17.7. The van der Waals surface area contributed by atoms with Gasteiger partial charge in [-0.2, -0.15) is 0 Å². The second kappa shape index (κ2) is 8.45. The Morgan fingerprint density at radius 2 is 1.62 bits per heavy atom. The molecule has 186 valence electrons. The number of hydrogen-bond acceptors (Lipinski definition) is 6. The Labute approximate surface area is 213 Å². The minimum atomic E-state index is -0.530. The zero-order valence-corrected chi connectivity index (χ0v) is 20.4. The number of ketones is 1. The molecule has 1 atom stereocenters. The summed E-state index contributed by atoms with van der Waals surface area (Å²) in [6, 6.07) is 16.4. The van der Waals surface area contributed by atoms with E-state index in [0.29, 0.717) is 24.2 Å². The summed E-state index contributed by atoms with van der Waals surface area (Å²) in [6.45, 7) is 3.87. The van der Waals surface area contributed by atoms with Crippen molar-refractivity contribution in [2.45, 2.75) is 32.6 Å². The number of rotatable bonds is 4. The van der Waals surface area contributed by atoms with E-state index in [9.17, 15) is 18.8 Å². The average Bonchev–Trinajstić information content (AvgIpc) is 3.12. The lowest BCUT2D eigenvalue weighted by Crippen LogP contribution is -2.43. The number of fused-ring (bicyclic) bond motifs is 2. The number of Topliss-reactive ketones (excluding diaryl/α,β-unsaturated/α-hetero) is 1. The number of hydroxylamine groups is 2. The summed E-state index contributed by atoms with van der Waals surface area (Å²) in [5.74, 6) is -1.27. The second-order valence-corrected chi connectivity index (χ2v) is 10.3. The molecule has 0 saturated heterocycles. The molecule has 7 nitrogen and oxygen atoms in total. The van der Waals surface area contributed by atoms with E-state index < -0.39 is 17.7 Å². The molecule has 0 radical (unpaired) electrons. The number of hydrogen-bond donors (Lipinski definition) is 0. The molecule has 0 fully saturated rings. The van der Waals surface area contributed by atoms with Crippen LogP contribution in [0.15, 0.2) is 78.1 Å². The van der Waals surface area contributed by atoms with Crippen LogP contribution >= 0.6 is 0 Å². The number of halogens is 1. The van der Waals surface area contributed by atoms with Crippen LogP contribution in [-0.4, -0.2) is 34.4 Å².